The normalized spacial score (nSPS) is 31.7. The van der Waals surface area contributed by atoms with Gasteiger partial charge >= 0.3 is 0 Å². The molecule has 0 bridgehead atoms. The predicted molar refractivity (Wildman–Crippen MR) is 66.2 cm³/mol. The minimum absolute atomic E-state index is 0.296. The maximum atomic E-state index is 9.24. The first kappa shape index (κ1) is 12.3. The molecule has 2 unspecified atom stereocenters. The second-order valence-electron chi connectivity index (χ2n) is 5.39. The van der Waals surface area contributed by atoms with Crippen molar-refractivity contribution in [2.45, 2.75) is 57.0 Å². The van der Waals surface area contributed by atoms with Crippen LogP contribution in [0.1, 0.15) is 44.9 Å². The van der Waals surface area contributed by atoms with E-state index in [0.29, 0.717) is 18.6 Å². The zero-order chi connectivity index (χ0) is 11.4. The van der Waals surface area contributed by atoms with Crippen LogP contribution in [0.15, 0.2) is 0 Å². The van der Waals surface area contributed by atoms with Crippen molar-refractivity contribution in [1.82, 2.24) is 4.90 Å². The van der Waals surface area contributed by atoms with E-state index >= 15 is 0 Å². The molecular weight excluding hydrogens is 200 g/mol. The van der Waals surface area contributed by atoms with Gasteiger partial charge in [0.15, 0.2) is 0 Å². The first-order chi connectivity index (χ1) is 7.86. The Morgan fingerprint density at radius 3 is 2.44 bits per heavy atom. The molecule has 16 heavy (non-hydrogen) atoms. The lowest BCUT2D eigenvalue weighted by molar-refractivity contribution is 0.0848. The molecule has 3 nitrogen and oxygen atoms in total. The summed E-state index contributed by atoms with van der Waals surface area (Å²) in [4.78, 5) is 2.58. The topological polar surface area (TPSA) is 49.5 Å². The monoisotopic (exact) mass is 226 g/mol. The van der Waals surface area contributed by atoms with Gasteiger partial charge in [-0.1, -0.05) is 19.3 Å². The summed E-state index contributed by atoms with van der Waals surface area (Å²) in [7, 11) is 0. The van der Waals surface area contributed by atoms with E-state index in [1.165, 1.54) is 44.9 Å². The lowest BCUT2D eigenvalue weighted by Crippen LogP contribution is -2.46. The maximum Gasteiger partial charge on any atom is 0.0558 e. The minimum atomic E-state index is 0.296. The van der Waals surface area contributed by atoms with Crippen molar-refractivity contribution in [3.05, 3.63) is 0 Å². The largest absolute Gasteiger partial charge is 0.395 e. The van der Waals surface area contributed by atoms with Crippen LogP contribution in [-0.2, 0) is 0 Å². The molecular formula is C13H26N2O. The van der Waals surface area contributed by atoms with Gasteiger partial charge in [0.1, 0.15) is 0 Å². The third kappa shape index (κ3) is 2.58. The van der Waals surface area contributed by atoms with E-state index in [0.717, 1.165) is 19.1 Å². The molecule has 0 saturated heterocycles. The van der Waals surface area contributed by atoms with Crippen LogP contribution in [0.4, 0.5) is 0 Å². The highest BCUT2D eigenvalue weighted by molar-refractivity contribution is 4.90. The fraction of sp³-hybridized carbons (Fsp3) is 1.00. The summed E-state index contributed by atoms with van der Waals surface area (Å²) in [6.45, 7) is 1.97. The van der Waals surface area contributed by atoms with Crippen molar-refractivity contribution in [3.63, 3.8) is 0 Å². The molecule has 0 aromatic carbocycles. The molecule has 0 spiro atoms. The molecule has 0 aliphatic heterocycles. The second kappa shape index (κ2) is 5.99. The number of nitrogens with zero attached hydrogens (tertiary/aromatic N) is 1. The predicted octanol–water partition coefficient (Wildman–Crippen LogP) is 1.35. The number of aliphatic hydroxyl groups is 1. The smallest absolute Gasteiger partial charge is 0.0558 e. The average Bonchev–Trinajstić information content (AvgIpc) is 2.96. The SMILES string of the molecule is NCC1CCCC1N(CCO)C1CCCC1. The molecule has 0 aromatic heterocycles. The van der Waals surface area contributed by atoms with E-state index in [-0.39, 0.29) is 0 Å². The van der Waals surface area contributed by atoms with Gasteiger partial charge in [0, 0.05) is 18.6 Å². The fourth-order valence-electron chi connectivity index (χ4n) is 3.70. The third-order valence-corrected chi connectivity index (χ3v) is 4.50. The van der Waals surface area contributed by atoms with Crippen LogP contribution in [0.5, 0.6) is 0 Å². The summed E-state index contributed by atoms with van der Waals surface area (Å²) in [5.41, 5.74) is 5.87. The summed E-state index contributed by atoms with van der Waals surface area (Å²) in [6.07, 6.45) is 9.29. The van der Waals surface area contributed by atoms with Gasteiger partial charge in [-0.15, -0.1) is 0 Å². The lowest BCUT2D eigenvalue weighted by atomic mass is 10.00. The number of hydrogen-bond acceptors (Lipinski definition) is 3. The zero-order valence-corrected chi connectivity index (χ0v) is 10.3. The maximum absolute atomic E-state index is 9.24. The second-order valence-corrected chi connectivity index (χ2v) is 5.39. The highest BCUT2D eigenvalue weighted by Crippen LogP contribution is 2.34. The molecule has 94 valence electrons. The Bertz CT molecular complexity index is 204. The quantitative estimate of drug-likeness (QED) is 0.744. The molecule has 0 amide bonds. The molecule has 0 heterocycles. The minimum Gasteiger partial charge on any atom is -0.395 e. The van der Waals surface area contributed by atoms with Gasteiger partial charge in [-0.25, -0.2) is 0 Å². The van der Waals surface area contributed by atoms with Crippen molar-refractivity contribution < 1.29 is 5.11 Å². The van der Waals surface area contributed by atoms with Gasteiger partial charge in [0.05, 0.1) is 6.61 Å². The molecule has 3 N–H and O–H groups in total. The van der Waals surface area contributed by atoms with Gasteiger partial charge in [0.2, 0.25) is 0 Å². The Morgan fingerprint density at radius 2 is 1.81 bits per heavy atom. The van der Waals surface area contributed by atoms with Gasteiger partial charge < -0.3 is 10.8 Å². The molecule has 2 atom stereocenters. The van der Waals surface area contributed by atoms with E-state index in [4.69, 9.17) is 5.73 Å². The van der Waals surface area contributed by atoms with E-state index in [1.807, 2.05) is 0 Å². The van der Waals surface area contributed by atoms with E-state index in [9.17, 15) is 5.11 Å². The molecule has 0 radical (unpaired) electrons. The van der Waals surface area contributed by atoms with Crippen LogP contribution in [0.3, 0.4) is 0 Å². The molecule has 2 aliphatic carbocycles. The summed E-state index contributed by atoms with van der Waals surface area (Å²) in [6, 6.07) is 1.38. The van der Waals surface area contributed by atoms with Crippen LogP contribution in [0.2, 0.25) is 0 Å². The zero-order valence-electron chi connectivity index (χ0n) is 10.3. The molecule has 2 aliphatic rings. The van der Waals surface area contributed by atoms with Crippen molar-refractivity contribution >= 4 is 0 Å². The first-order valence-electron chi connectivity index (χ1n) is 6.93. The van der Waals surface area contributed by atoms with Crippen LogP contribution >= 0.6 is 0 Å². The Morgan fingerprint density at radius 1 is 1.06 bits per heavy atom. The molecule has 2 fully saturated rings. The summed E-state index contributed by atoms with van der Waals surface area (Å²) < 4.78 is 0. The van der Waals surface area contributed by atoms with Crippen LogP contribution < -0.4 is 5.73 Å². The van der Waals surface area contributed by atoms with Crippen LogP contribution in [0, 0.1) is 5.92 Å². The Kier molecular flexibility index (Phi) is 4.62. The fourth-order valence-corrected chi connectivity index (χ4v) is 3.70. The summed E-state index contributed by atoms with van der Waals surface area (Å²) in [5, 5.41) is 9.24. The van der Waals surface area contributed by atoms with Gasteiger partial charge in [-0.05, 0) is 38.1 Å². The van der Waals surface area contributed by atoms with E-state index in [2.05, 4.69) is 4.90 Å². The molecule has 3 heteroatoms. The van der Waals surface area contributed by atoms with Crippen LogP contribution in [-0.4, -0.2) is 41.8 Å². The highest BCUT2D eigenvalue weighted by atomic mass is 16.3. The Hall–Kier alpha value is -0.120. The highest BCUT2D eigenvalue weighted by Gasteiger charge is 2.35. The number of nitrogens with two attached hydrogens (primary N) is 1. The number of rotatable bonds is 5. The summed E-state index contributed by atoms with van der Waals surface area (Å²) in [5.74, 6) is 0.673. The molecule has 2 rings (SSSR count). The molecule has 2 saturated carbocycles. The Labute approximate surface area is 99.0 Å². The van der Waals surface area contributed by atoms with Gasteiger partial charge in [-0.3, -0.25) is 4.90 Å². The standard InChI is InChI=1S/C13H26N2O/c14-10-11-4-3-7-13(11)15(8-9-16)12-5-1-2-6-12/h11-13,16H,1-10,14H2. The van der Waals surface area contributed by atoms with Crippen LogP contribution in [0.25, 0.3) is 0 Å². The number of hydrogen-bond donors (Lipinski definition) is 2. The van der Waals surface area contributed by atoms with Crippen molar-refractivity contribution in [3.8, 4) is 0 Å². The van der Waals surface area contributed by atoms with E-state index < -0.39 is 0 Å². The first-order valence-corrected chi connectivity index (χ1v) is 6.93. The van der Waals surface area contributed by atoms with Gasteiger partial charge in [-0.2, -0.15) is 0 Å². The van der Waals surface area contributed by atoms with Crippen molar-refractivity contribution in [1.29, 1.82) is 0 Å². The number of aliphatic hydroxyl groups excluding tert-OH is 1. The van der Waals surface area contributed by atoms with E-state index in [1.54, 1.807) is 0 Å². The van der Waals surface area contributed by atoms with Crippen molar-refractivity contribution in [2.24, 2.45) is 11.7 Å². The third-order valence-electron chi connectivity index (χ3n) is 4.50. The Balaban J connectivity index is 1.99. The molecule has 0 aromatic rings. The summed E-state index contributed by atoms with van der Waals surface area (Å²) >= 11 is 0. The van der Waals surface area contributed by atoms with Crippen molar-refractivity contribution in [2.75, 3.05) is 19.7 Å². The van der Waals surface area contributed by atoms with Gasteiger partial charge in [0.25, 0.3) is 0 Å². The average molecular weight is 226 g/mol. The lowest BCUT2D eigenvalue weighted by Gasteiger charge is -2.37.